The first-order chi connectivity index (χ1) is 17.5. The van der Waals surface area contributed by atoms with Gasteiger partial charge in [-0.3, -0.25) is 0 Å². The van der Waals surface area contributed by atoms with Gasteiger partial charge in [-0.05, 0) is 85.1 Å². The first-order valence-corrected chi connectivity index (χ1v) is 13.5. The zero-order valence-electron chi connectivity index (χ0n) is 21.5. The van der Waals surface area contributed by atoms with E-state index >= 15 is 0 Å². The van der Waals surface area contributed by atoms with E-state index < -0.39 is 11.6 Å². The highest BCUT2D eigenvalue weighted by molar-refractivity contribution is 5.67. The third kappa shape index (κ3) is 6.30. The van der Waals surface area contributed by atoms with E-state index in [-0.39, 0.29) is 11.4 Å². The normalized spacial score (nSPS) is 18.1. The minimum atomic E-state index is -0.798. The maximum Gasteiger partial charge on any atom is 0.167 e. The Morgan fingerprint density at radius 3 is 2.19 bits per heavy atom. The van der Waals surface area contributed by atoms with Crippen LogP contribution < -0.4 is 0 Å². The number of benzene rings is 3. The molecule has 4 rings (SSSR count). The van der Waals surface area contributed by atoms with Crippen molar-refractivity contribution < 1.29 is 13.2 Å². The van der Waals surface area contributed by atoms with E-state index in [1.54, 1.807) is 24.3 Å². The van der Waals surface area contributed by atoms with Crippen molar-refractivity contribution in [1.82, 2.24) is 0 Å². The van der Waals surface area contributed by atoms with Gasteiger partial charge in [0.2, 0.25) is 0 Å². The molecule has 0 radical (unpaired) electrons. The summed E-state index contributed by atoms with van der Waals surface area (Å²) in [4.78, 5) is 0. The van der Waals surface area contributed by atoms with Crippen molar-refractivity contribution in [2.45, 2.75) is 77.6 Å². The van der Waals surface area contributed by atoms with E-state index in [1.807, 2.05) is 36.4 Å². The quantitative estimate of drug-likeness (QED) is 0.280. The number of rotatable bonds is 9. The Bertz CT molecular complexity index is 1170. The molecule has 0 aromatic heterocycles. The molecule has 36 heavy (non-hydrogen) atoms. The largest absolute Gasteiger partial charge is 0.207 e. The summed E-state index contributed by atoms with van der Waals surface area (Å²) in [6, 6.07) is 16.8. The Hall–Kier alpha value is -2.81. The lowest BCUT2D eigenvalue weighted by molar-refractivity contribution is 0.376. The number of hydrogen-bond acceptors (Lipinski definition) is 0. The van der Waals surface area contributed by atoms with Crippen molar-refractivity contribution >= 4 is 6.08 Å². The fraction of sp³-hybridized carbons (Fsp3) is 0.394. The Labute approximate surface area is 214 Å². The molecular weight excluding hydrogens is 453 g/mol. The predicted octanol–water partition coefficient (Wildman–Crippen LogP) is 10.1. The van der Waals surface area contributed by atoms with E-state index in [4.69, 9.17) is 0 Å². The van der Waals surface area contributed by atoms with Gasteiger partial charge >= 0.3 is 0 Å². The zero-order valence-corrected chi connectivity index (χ0v) is 21.5. The first-order valence-electron chi connectivity index (χ1n) is 13.5. The average molecular weight is 491 g/mol. The molecular formula is C33H37F3. The Kier molecular flexibility index (Phi) is 9.07. The molecule has 0 bridgehead atoms. The van der Waals surface area contributed by atoms with Crippen LogP contribution in [0.4, 0.5) is 13.2 Å². The topological polar surface area (TPSA) is 0 Å². The Morgan fingerprint density at radius 2 is 1.53 bits per heavy atom. The summed E-state index contributed by atoms with van der Waals surface area (Å²) >= 11 is 0. The van der Waals surface area contributed by atoms with E-state index in [0.29, 0.717) is 23.0 Å². The molecule has 1 aliphatic rings. The van der Waals surface area contributed by atoms with Crippen LogP contribution in [0.1, 0.15) is 87.0 Å². The van der Waals surface area contributed by atoms with Crippen LogP contribution in [0.3, 0.4) is 0 Å². The van der Waals surface area contributed by atoms with Crippen LogP contribution in [0.25, 0.3) is 17.2 Å². The van der Waals surface area contributed by atoms with Crippen LogP contribution in [0.5, 0.6) is 0 Å². The van der Waals surface area contributed by atoms with E-state index in [2.05, 4.69) is 19.9 Å². The van der Waals surface area contributed by atoms with Crippen molar-refractivity contribution in [3.05, 3.63) is 100 Å². The molecule has 1 saturated carbocycles. The van der Waals surface area contributed by atoms with Crippen LogP contribution in [-0.2, 0) is 12.8 Å². The number of aryl methyl sites for hydroxylation is 2. The third-order valence-corrected chi connectivity index (χ3v) is 7.58. The Morgan fingerprint density at radius 1 is 0.778 bits per heavy atom. The van der Waals surface area contributed by atoms with Crippen molar-refractivity contribution in [1.29, 1.82) is 0 Å². The average Bonchev–Trinajstić information content (AvgIpc) is 2.90. The summed E-state index contributed by atoms with van der Waals surface area (Å²) < 4.78 is 44.3. The highest BCUT2D eigenvalue weighted by Crippen LogP contribution is 2.37. The van der Waals surface area contributed by atoms with Gasteiger partial charge in [0.05, 0.1) is 0 Å². The molecule has 0 N–H and O–H groups in total. The Balaban J connectivity index is 1.37. The number of halogens is 3. The number of hydrogen-bond donors (Lipinski definition) is 0. The van der Waals surface area contributed by atoms with Crippen LogP contribution >= 0.6 is 0 Å². The van der Waals surface area contributed by atoms with Gasteiger partial charge in [-0.2, -0.15) is 0 Å². The minimum absolute atomic E-state index is 0.0826. The smallest absolute Gasteiger partial charge is 0.167 e. The summed E-state index contributed by atoms with van der Waals surface area (Å²) in [7, 11) is 0. The molecule has 3 aromatic carbocycles. The lowest BCUT2D eigenvalue weighted by Gasteiger charge is -2.27. The molecule has 0 atom stereocenters. The molecule has 0 heterocycles. The molecule has 1 aliphatic carbocycles. The molecule has 3 aromatic rings. The summed E-state index contributed by atoms with van der Waals surface area (Å²) in [5.74, 6) is -0.993. The van der Waals surface area contributed by atoms with Gasteiger partial charge in [0.1, 0.15) is 5.82 Å². The molecule has 3 heteroatoms. The SMILES string of the molecule is CCCCc1ccc(C2CCC(C=Cc3ccc(-c4ccc(CCC)cc4)c(F)c3F)CC2)cc1F. The molecule has 0 nitrogen and oxygen atoms in total. The maximum atomic E-state index is 14.9. The van der Waals surface area contributed by atoms with Gasteiger partial charge in [-0.25, -0.2) is 13.2 Å². The lowest BCUT2D eigenvalue weighted by Crippen LogP contribution is -2.12. The highest BCUT2D eigenvalue weighted by atomic mass is 19.2. The number of allylic oxidation sites excluding steroid dienone is 1. The van der Waals surface area contributed by atoms with Gasteiger partial charge in [0.25, 0.3) is 0 Å². The maximum absolute atomic E-state index is 14.9. The van der Waals surface area contributed by atoms with E-state index in [9.17, 15) is 13.2 Å². The van der Waals surface area contributed by atoms with Gasteiger partial charge in [-0.15, -0.1) is 0 Å². The second kappa shape index (κ2) is 12.4. The molecule has 0 saturated heterocycles. The fourth-order valence-corrected chi connectivity index (χ4v) is 5.33. The van der Waals surface area contributed by atoms with Crippen LogP contribution in [0.2, 0.25) is 0 Å². The van der Waals surface area contributed by atoms with Crippen molar-refractivity contribution in [2.75, 3.05) is 0 Å². The predicted molar refractivity (Wildman–Crippen MR) is 145 cm³/mol. The zero-order chi connectivity index (χ0) is 25.5. The van der Waals surface area contributed by atoms with E-state index in [1.165, 1.54) is 5.56 Å². The second-order valence-electron chi connectivity index (χ2n) is 10.2. The molecule has 0 amide bonds. The summed E-state index contributed by atoms with van der Waals surface area (Å²) in [5, 5.41) is 0. The third-order valence-electron chi connectivity index (χ3n) is 7.58. The fourth-order valence-electron chi connectivity index (χ4n) is 5.33. The van der Waals surface area contributed by atoms with E-state index in [0.717, 1.165) is 68.9 Å². The summed E-state index contributed by atoms with van der Waals surface area (Å²) in [5.41, 5.74) is 4.36. The van der Waals surface area contributed by atoms with Crippen LogP contribution in [-0.4, -0.2) is 0 Å². The lowest BCUT2D eigenvalue weighted by atomic mass is 9.78. The van der Waals surface area contributed by atoms with Crippen molar-refractivity contribution in [3.63, 3.8) is 0 Å². The monoisotopic (exact) mass is 490 g/mol. The molecule has 0 aliphatic heterocycles. The molecule has 0 spiro atoms. The molecule has 190 valence electrons. The second-order valence-corrected chi connectivity index (χ2v) is 10.2. The summed E-state index contributed by atoms with van der Waals surface area (Å²) in [6.07, 6.45) is 12.5. The highest BCUT2D eigenvalue weighted by Gasteiger charge is 2.22. The number of unbranched alkanes of at least 4 members (excludes halogenated alkanes) is 1. The van der Waals surface area contributed by atoms with Gasteiger partial charge in [-0.1, -0.05) is 87.4 Å². The van der Waals surface area contributed by atoms with Crippen LogP contribution in [0.15, 0.2) is 60.7 Å². The van der Waals surface area contributed by atoms with Gasteiger partial charge in [0, 0.05) is 11.1 Å². The standard InChI is InChI=1S/C33H37F3/c1-3-5-7-27-18-19-29(22-31(27)34)25-13-8-24(9-14-25)12-17-28-20-21-30(33(36)32(28)35)26-15-10-23(6-4-2)11-16-26/h10-12,15-22,24-25H,3-9,13-14H2,1-2H3. The van der Waals surface area contributed by atoms with Crippen molar-refractivity contribution in [3.8, 4) is 11.1 Å². The molecule has 1 fully saturated rings. The van der Waals surface area contributed by atoms with Crippen LogP contribution in [0, 0.1) is 23.4 Å². The minimum Gasteiger partial charge on any atom is -0.207 e. The summed E-state index contributed by atoms with van der Waals surface area (Å²) in [6.45, 7) is 4.24. The van der Waals surface area contributed by atoms with Crippen molar-refractivity contribution in [2.24, 2.45) is 5.92 Å². The van der Waals surface area contributed by atoms with Gasteiger partial charge in [0.15, 0.2) is 11.6 Å². The molecule has 0 unspecified atom stereocenters. The van der Waals surface area contributed by atoms with Gasteiger partial charge < -0.3 is 0 Å². The first kappa shape index (κ1) is 26.3.